The molecule has 110 valence electrons. The zero-order valence-corrected chi connectivity index (χ0v) is 13.9. The fourth-order valence-corrected chi connectivity index (χ4v) is 2.47. The van der Waals surface area contributed by atoms with Crippen molar-refractivity contribution in [2.75, 3.05) is 0 Å². The molecule has 0 saturated carbocycles. The lowest BCUT2D eigenvalue weighted by atomic mass is 10.2. The molecule has 0 radical (unpaired) electrons. The average molecular weight is 351 g/mol. The van der Waals surface area contributed by atoms with E-state index in [1.807, 2.05) is 0 Å². The van der Waals surface area contributed by atoms with Crippen molar-refractivity contribution in [1.29, 1.82) is 0 Å². The van der Waals surface area contributed by atoms with Crippen LogP contribution in [0, 0.1) is 0 Å². The average Bonchev–Trinajstić information content (AvgIpc) is 2.55. The Morgan fingerprint density at radius 2 is 2.00 bits per heavy atom. The van der Waals surface area contributed by atoms with Gasteiger partial charge in [0.25, 0.3) is 0 Å². The molecule has 5 nitrogen and oxygen atoms in total. The van der Waals surface area contributed by atoms with Gasteiger partial charge in [-0.2, -0.15) is 5.10 Å². The first-order valence-corrected chi connectivity index (χ1v) is 9.36. The Morgan fingerprint density at radius 1 is 1.47 bits per heavy atom. The standard InChI is InChI=1S/C11H19BrN2O3Si.CH4/c1-11(2,3)18(4,5)17-6-7-8(12)9(10(15)16)14-13-7;/h6H2,1-5H3,(H,13,14)(H,15,16);1H4. The molecule has 2 N–H and O–H groups in total. The van der Waals surface area contributed by atoms with Crippen LogP contribution in [0.25, 0.3) is 0 Å². The third-order valence-electron chi connectivity index (χ3n) is 3.36. The Morgan fingerprint density at radius 3 is 2.37 bits per heavy atom. The van der Waals surface area contributed by atoms with Crippen LogP contribution >= 0.6 is 15.9 Å². The van der Waals surface area contributed by atoms with Crippen molar-refractivity contribution in [3.63, 3.8) is 0 Å². The second-order valence-corrected chi connectivity index (χ2v) is 11.3. The summed E-state index contributed by atoms with van der Waals surface area (Å²) < 4.78 is 6.46. The molecule has 1 aromatic heterocycles. The zero-order valence-electron chi connectivity index (χ0n) is 11.3. The summed E-state index contributed by atoms with van der Waals surface area (Å²) in [5.41, 5.74) is 0.654. The molecule has 0 unspecified atom stereocenters. The highest BCUT2D eigenvalue weighted by Gasteiger charge is 2.37. The van der Waals surface area contributed by atoms with Crippen LogP contribution in [0.1, 0.15) is 44.4 Å². The van der Waals surface area contributed by atoms with Crippen LogP contribution in [0.15, 0.2) is 4.47 Å². The lowest BCUT2D eigenvalue weighted by Crippen LogP contribution is -2.40. The van der Waals surface area contributed by atoms with Gasteiger partial charge in [-0.1, -0.05) is 28.2 Å². The number of carbonyl (C=O) groups is 1. The van der Waals surface area contributed by atoms with E-state index in [2.05, 4.69) is 60.0 Å². The third-order valence-corrected chi connectivity index (χ3v) is 8.69. The highest BCUT2D eigenvalue weighted by atomic mass is 79.9. The van der Waals surface area contributed by atoms with Crippen LogP contribution in [-0.4, -0.2) is 29.6 Å². The molecule has 1 rings (SSSR count). The molecule has 0 atom stereocenters. The van der Waals surface area contributed by atoms with E-state index in [-0.39, 0.29) is 18.2 Å². The van der Waals surface area contributed by atoms with Crippen molar-refractivity contribution in [1.82, 2.24) is 10.2 Å². The van der Waals surface area contributed by atoms with E-state index < -0.39 is 14.3 Å². The van der Waals surface area contributed by atoms with Gasteiger partial charge in [0.05, 0.1) is 16.8 Å². The van der Waals surface area contributed by atoms with Crippen molar-refractivity contribution in [3.8, 4) is 0 Å². The van der Waals surface area contributed by atoms with Crippen LogP contribution in [0.2, 0.25) is 18.1 Å². The van der Waals surface area contributed by atoms with Crippen LogP contribution < -0.4 is 0 Å². The van der Waals surface area contributed by atoms with E-state index >= 15 is 0 Å². The molecule has 1 aromatic rings. The van der Waals surface area contributed by atoms with E-state index in [0.717, 1.165) is 0 Å². The Balaban J connectivity index is 0.00000324. The molecule has 19 heavy (non-hydrogen) atoms. The predicted octanol–water partition coefficient (Wildman–Crippen LogP) is 4.03. The number of aromatic amines is 1. The number of nitrogens with one attached hydrogen (secondary N) is 1. The summed E-state index contributed by atoms with van der Waals surface area (Å²) in [4.78, 5) is 10.9. The topological polar surface area (TPSA) is 75.2 Å². The van der Waals surface area contributed by atoms with Crippen LogP contribution in [0.4, 0.5) is 0 Å². The minimum Gasteiger partial charge on any atom is -0.476 e. The molecule has 0 saturated heterocycles. The Bertz CT molecular complexity index is 452. The number of aromatic carboxylic acids is 1. The summed E-state index contributed by atoms with van der Waals surface area (Å²) in [5, 5.41) is 15.5. The number of carboxylic acids is 1. The maximum Gasteiger partial charge on any atom is 0.357 e. The zero-order chi connectivity index (χ0) is 14.1. The second-order valence-electron chi connectivity index (χ2n) is 5.72. The smallest absolute Gasteiger partial charge is 0.357 e. The largest absolute Gasteiger partial charge is 0.476 e. The van der Waals surface area contributed by atoms with Crippen LogP contribution in [0.5, 0.6) is 0 Å². The maximum atomic E-state index is 10.9. The van der Waals surface area contributed by atoms with Gasteiger partial charge < -0.3 is 9.53 Å². The lowest BCUT2D eigenvalue weighted by molar-refractivity contribution is 0.0689. The normalized spacial score (nSPS) is 12.1. The summed E-state index contributed by atoms with van der Waals surface area (Å²) in [6, 6.07) is 0. The molecule has 0 spiro atoms. The number of carboxylic acid groups (broad SMARTS) is 1. The van der Waals surface area contributed by atoms with Crippen LogP contribution in [-0.2, 0) is 11.0 Å². The summed E-state index contributed by atoms with van der Waals surface area (Å²) in [6.07, 6.45) is 0. The van der Waals surface area contributed by atoms with Gasteiger partial charge in [0.2, 0.25) is 0 Å². The summed E-state index contributed by atoms with van der Waals surface area (Å²) in [5.74, 6) is -1.06. The highest BCUT2D eigenvalue weighted by molar-refractivity contribution is 9.10. The number of H-pyrrole nitrogens is 1. The van der Waals surface area contributed by atoms with Gasteiger partial charge in [-0.25, -0.2) is 4.79 Å². The van der Waals surface area contributed by atoms with Gasteiger partial charge in [0.15, 0.2) is 14.0 Å². The lowest BCUT2D eigenvalue weighted by Gasteiger charge is -2.36. The molecule has 7 heteroatoms. The highest BCUT2D eigenvalue weighted by Crippen LogP contribution is 2.37. The van der Waals surface area contributed by atoms with Crippen molar-refractivity contribution in [2.24, 2.45) is 0 Å². The minimum absolute atomic E-state index is 0. The molecule has 0 amide bonds. The molecular weight excluding hydrogens is 328 g/mol. The SMILES string of the molecule is C.CC(C)(C)[Si](C)(C)OCc1[nH]nc(C(=O)O)c1Br. The van der Waals surface area contributed by atoms with Crippen molar-refractivity contribution >= 4 is 30.2 Å². The number of hydrogen-bond acceptors (Lipinski definition) is 3. The molecule has 0 fully saturated rings. The van der Waals surface area contributed by atoms with Crippen LogP contribution in [0.3, 0.4) is 0 Å². The second kappa shape index (κ2) is 6.19. The van der Waals surface area contributed by atoms with E-state index in [9.17, 15) is 4.79 Å². The van der Waals surface area contributed by atoms with E-state index in [1.54, 1.807) is 0 Å². The number of hydrogen-bond donors (Lipinski definition) is 2. The predicted molar refractivity (Wildman–Crippen MR) is 82.0 cm³/mol. The minimum atomic E-state index is -1.84. The van der Waals surface area contributed by atoms with E-state index in [4.69, 9.17) is 9.53 Å². The Kier molecular flexibility index (Phi) is 5.98. The number of nitrogens with zero attached hydrogens (tertiary/aromatic N) is 1. The molecule has 1 heterocycles. The van der Waals surface area contributed by atoms with Gasteiger partial charge in [-0.3, -0.25) is 5.10 Å². The monoisotopic (exact) mass is 350 g/mol. The quantitative estimate of drug-likeness (QED) is 0.803. The maximum absolute atomic E-state index is 10.9. The van der Waals surface area contributed by atoms with Gasteiger partial charge in [0.1, 0.15) is 0 Å². The molecule has 0 aliphatic rings. The van der Waals surface area contributed by atoms with Gasteiger partial charge in [0, 0.05) is 0 Å². The first-order valence-electron chi connectivity index (χ1n) is 5.66. The molecular formula is C12H23BrN2O3Si. The van der Waals surface area contributed by atoms with Crippen molar-refractivity contribution in [3.05, 3.63) is 15.9 Å². The molecule has 0 bridgehead atoms. The van der Waals surface area contributed by atoms with E-state index in [0.29, 0.717) is 16.8 Å². The first kappa shape index (κ1) is 18.3. The summed E-state index contributed by atoms with van der Waals surface area (Å²) in [7, 11) is -1.84. The van der Waals surface area contributed by atoms with Gasteiger partial charge >= 0.3 is 5.97 Å². The van der Waals surface area contributed by atoms with Crippen molar-refractivity contribution < 1.29 is 14.3 Å². The Hall–Kier alpha value is -0.663. The third kappa shape index (κ3) is 4.15. The molecule has 0 aliphatic heterocycles. The fraction of sp³-hybridized carbons (Fsp3) is 0.667. The summed E-state index contributed by atoms with van der Waals surface area (Å²) in [6.45, 7) is 11.1. The number of aromatic nitrogens is 2. The molecule has 0 aromatic carbocycles. The van der Waals surface area contributed by atoms with E-state index in [1.165, 1.54) is 0 Å². The number of halogens is 1. The Labute approximate surface area is 124 Å². The van der Waals surface area contributed by atoms with Crippen molar-refractivity contribution in [2.45, 2.75) is 52.9 Å². The van der Waals surface area contributed by atoms with Gasteiger partial charge in [-0.15, -0.1) is 0 Å². The fourth-order valence-electron chi connectivity index (χ4n) is 1.07. The number of rotatable bonds is 4. The summed E-state index contributed by atoms with van der Waals surface area (Å²) >= 11 is 3.23. The molecule has 0 aliphatic carbocycles. The first-order chi connectivity index (χ1) is 8.06. The van der Waals surface area contributed by atoms with Gasteiger partial charge in [-0.05, 0) is 34.1 Å².